The van der Waals surface area contributed by atoms with Crippen LogP contribution in [0, 0.1) is 17.8 Å². The smallest absolute Gasteiger partial charge is 0.320 e. The second-order valence-electron chi connectivity index (χ2n) is 6.74. The molecular formula is C20H23NO8. The maximum atomic E-state index is 13.3. The number of esters is 3. The van der Waals surface area contributed by atoms with Crippen LogP contribution in [0.1, 0.15) is 18.7 Å². The molecule has 2 aliphatic heterocycles. The van der Waals surface area contributed by atoms with Crippen LogP contribution in [0.25, 0.3) is 0 Å². The maximum Gasteiger partial charge on any atom is 0.320 e. The van der Waals surface area contributed by atoms with E-state index in [0.717, 1.165) is 19.8 Å². The van der Waals surface area contributed by atoms with Gasteiger partial charge in [-0.2, -0.15) is 0 Å². The molecule has 0 N–H and O–H groups in total. The van der Waals surface area contributed by atoms with Crippen LogP contribution in [-0.2, 0) is 38.1 Å². The number of carbonyl (C=O) groups is 4. The molecule has 3 rings (SSSR count). The molecule has 9 nitrogen and oxygen atoms in total. The highest BCUT2D eigenvalue weighted by Crippen LogP contribution is 2.46. The van der Waals surface area contributed by atoms with Gasteiger partial charge >= 0.3 is 17.9 Å². The number of hydrogen-bond donors (Lipinski definition) is 0. The minimum absolute atomic E-state index is 0.0519. The van der Waals surface area contributed by atoms with Crippen molar-refractivity contribution in [3.63, 3.8) is 0 Å². The van der Waals surface area contributed by atoms with Crippen molar-refractivity contribution in [2.45, 2.75) is 19.2 Å². The first-order valence-electron chi connectivity index (χ1n) is 9.27. The predicted octanol–water partition coefficient (Wildman–Crippen LogP) is 0.684. The monoisotopic (exact) mass is 405 g/mol. The van der Waals surface area contributed by atoms with Crippen LogP contribution in [0.4, 0.5) is 0 Å². The molecule has 0 saturated carbocycles. The van der Waals surface area contributed by atoms with Gasteiger partial charge in [0.05, 0.1) is 33.5 Å². The molecule has 0 aromatic heterocycles. The van der Waals surface area contributed by atoms with E-state index in [-0.39, 0.29) is 13.2 Å². The lowest BCUT2D eigenvalue weighted by atomic mass is 9.79. The summed E-state index contributed by atoms with van der Waals surface area (Å²) in [5, 5.41) is 0. The molecule has 1 aromatic carbocycles. The third-order valence-corrected chi connectivity index (χ3v) is 5.30. The Morgan fingerprint density at radius 1 is 1.14 bits per heavy atom. The first-order chi connectivity index (χ1) is 14.0. The average molecular weight is 405 g/mol. The van der Waals surface area contributed by atoms with Crippen LogP contribution in [0.5, 0.6) is 0 Å². The second-order valence-corrected chi connectivity index (χ2v) is 6.74. The summed E-state index contributed by atoms with van der Waals surface area (Å²) >= 11 is 0. The van der Waals surface area contributed by atoms with E-state index in [0.29, 0.717) is 0 Å². The van der Waals surface area contributed by atoms with Crippen molar-refractivity contribution in [2.75, 3.05) is 27.4 Å². The SMILES string of the molecule is CCOC(=O)[C@@H]1C(=O)N2[C@@H](c3ccccc3)OC[C@@H]2[C@H]1C(C(=O)OC)C(=O)OC. The summed E-state index contributed by atoms with van der Waals surface area (Å²) in [6.07, 6.45) is -0.730. The average Bonchev–Trinajstić information content (AvgIpc) is 3.28. The number of carbonyl (C=O) groups excluding carboxylic acids is 4. The van der Waals surface area contributed by atoms with Gasteiger partial charge in [0.2, 0.25) is 5.91 Å². The number of fused-ring (bicyclic) bond motifs is 1. The maximum absolute atomic E-state index is 13.3. The summed E-state index contributed by atoms with van der Waals surface area (Å²) in [7, 11) is 2.26. The zero-order valence-electron chi connectivity index (χ0n) is 16.4. The number of amides is 1. The molecule has 2 aliphatic rings. The Hall–Kier alpha value is -2.94. The van der Waals surface area contributed by atoms with Gasteiger partial charge in [-0.1, -0.05) is 30.3 Å². The zero-order valence-corrected chi connectivity index (χ0v) is 16.4. The normalized spacial score (nSPS) is 25.7. The molecule has 1 amide bonds. The summed E-state index contributed by atoms with van der Waals surface area (Å²) in [5.41, 5.74) is 0.722. The number of ether oxygens (including phenoxy) is 4. The van der Waals surface area contributed by atoms with Gasteiger partial charge in [-0.3, -0.25) is 19.2 Å². The van der Waals surface area contributed by atoms with Crippen LogP contribution < -0.4 is 0 Å². The first kappa shape index (κ1) is 20.8. The van der Waals surface area contributed by atoms with E-state index < -0.39 is 53.8 Å². The highest BCUT2D eigenvalue weighted by molar-refractivity contribution is 6.04. The van der Waals surface area contributed by atoms with Gasteiger partial charge in [-0.25, -0.2) is 0 Å². The fourth-order valence-corrected chi connectivity index (χ4v) is 4.09. The van der Waals surface area contributed by atoms with Gasteiger partial charge in [-0.15, -0.1) is 0 Å². The molecular weight excluding hydrogens is 382 g/mol. The molecule has 0 aliphatic carbocycles. The van der Waals surface area contributed by atoms with Crippen LogP contribution in [0.3, 0.4) is 0 Å². The van der Waals surface area contributed by atoms with Gasteiger partial charge in [-0.05, 0) is 6.92 Å². The van der Waals surface area contributed by atoms with Gasteiger partial charge in [0.15, 0.2) is 12.1 Å². The highest BCUT2D eigenvalue weighted by atomic mass is 16.5. The number of benzene rings is 1. The summed E-state index contributed by atoms with van der Waals surface area (Å²) in [6.45, 7) is 1.72. The largest absolute Gasteiger partial charge is 0.468 e. The predicted molar refractivity (Wildman–Crippen MR) is 96.9 cm³/mol. The van der Waals surface area contributed by atoms with Crippen molar-refractivity contribution >= 4 is 23.8 Å². The first-order valence-corrected chi connectivity index (χ1v) is 9.27. The fraction of sp³-hybridized carbons (Fsp3) is 0.500. The molecule has 1 aromatic rings. The third kappa shape index (κ3) is 3.57. The molecule has 0 bridgehead atoms. The minimum Gasteiger partial charge on any atom is -0.468 e. The third-order valence-electron chi connectivity index (χ3n) is 5.30. The van der Waals surface area contributed by atoms with E-state index >= 15 is 0 Å². The minimum atomic E-state index is -1.46. The molecule has 156 valence electrons. The zero-order chi connectivity index (χ0) is 21.1. The van der Waals surface area contributed by atoms with Gasteiger partial charge in [0.1, 0.15) is 5.92 Å². The lowest BCUT2D eigenvalue weighted by Gasteiger charge is -2.26. The summed E-state index contributed by atoms with van der Waals surface area (Å²) in [4.78, 5) is 52.2. The quantitative estimate of drug-likeness (QED) is 0.386. The Kier molecular flexibility index (Phi) is 6.17. The number of rotatable bonds is 6. The molecule has 2 heterocycles. The number of methoxy groups -OCH3 is 2. The molecule has 2 fully saturated rings. The lowest BCUT2D eigenvalue weighted by molar-refractivity contribution is -0.165. The van der Waals surface area contributed by atoms with E-state index in [2.05, 4.69) is 0 Å². The lowest BCUT2D eigenvalue weighted by Crippen LogP contribution is -2.44. The Morgan fingerprint density at radius 2 is 1.76 bits per heavy atom. The second kappa shape index (κ2) is 8.60. The number of hydrogen-bond acceptors (Lipinski definition) is 8. The van der Waals surface area contributed by atoms with Crippen molar-refractivity contribution in [3.05, 3.63) is 35.9 Å². The molecule has 0 spiro atoms. The van der Waals surface area contributed by atoms with Crippen molar-refractivity contribution in [3.8, 4) is 0 Å². The summed E-state index contributed by atoms with van der Waals surface area (Å²) < 4.78 is 20.4. The topological polar surface area (TPSA) is 108 Å². The number of nitrogens with zero attached hydrogens (tertiary/aromatic N) is 1. The van der Waals surface area contributed by atoms with E-state index in [1.54, 1.807) is 31.2 Å². The summed E-state index contributed by atoms with van der Waals surface area (Å²) in [5.74, 6) is -6.93. The molecule has 9 heteroatoms. The standard InChI is InChI=1S/C20H23NO8/c1-4-28-20(25)14-13(15(18(23)26-2)19(24)27-3)12-10-29-17(21(12)16(14)22)11-8-6-5-7-9-11/h5-9,12-15,17H,4,10H2,1-3H3/t12-,13-,14+,17-/m1/s1. The van der Waals surface area contributed by atoms with E-state index in [4.69, 9.17) is 18.9 Å². The van der Waals surface area contributed by atoms with Crippen LogP contribution in [-0.4, -0.2) is 62.2 Å². The molecule has 0 unspecified atom stereocenters. The van der Waals surface area contributed by atoms with Crippen molar-refractivity contribution < 1.29 is 38.1 Å². The molecule has 2 saturated heterocycles. The molecule has 29 heavy (non-hydrogen) atoms. The van der Waals surface area contributed by atoms with E-state index in [9.17, 15) is 19.2 Å². The Morgan fingerprint density at radius 3 is 2.31 bits per heavy atom. The summed E-state index contributed by atoms with van der Waals surface area (Å²) in [6, 6.07) is 8.34. The van der Waals surface area contributed by atoms with Crippen molar-refractivity contribution in [1.29, 1.82) is 0 Å². The fourth-order valence-electron chi connectivity index (χ4n) is 4.09. The Bertz CT molecular complexity index is 779. The van der Waals surface area contributed by atoms with Gasteiger partial charge < -0.3 is 23.8 Å². The van der Waals surface area contributed by atoms with E-state index in [1.165, 1.54) is 4.90 Å². The Labute approximate surface area is 167 Å². The Balaban J connectivity index is 2.05. The van der Waals surface area contributed by atoms with Crippen LogP contribution in [0.2, 0.25) is 0 Å². The highest BCUT2D eigenvalue weighted by Gasteiger charge is 2.62. The van der Waals surface area contributed by atoms with E-state index in [1.807, 2.05) is 6.07 Å². The molecule has 0 radical (unpaired) electrons. The van der Waals surface area contributed by atoms with Crippen LogP contribution in [0.15, 0.2) is 30.3 Å². The van der Waals surface area contributed by atoms with Crippen molar-refractivity contribution in [1.82, 2.24) is 4.90 Å². The van der Waals surface area contributed by atoms with Crippen molar-refractivity contribution in [2.24, 2.45) is 17.8 Å². The van der Waals surface area contributed by atoms with Gasteiger partial charge in [0.25, 0.3) is 0 Å². The van der Waals surface area contributed by atoms with Gasteiger partial charge in [0, 0.05) is 11.5 Å². The van der Waals surface area contributed by atoms with Crippen LogP contribution >= 0.6 is 0 Å². The molecule has 4 atom stereocenters.